The van der Waals surface area contributed by atoms with Gasteiger partial charge in [-0.2, -0.15) is 0 Å². The minimum absolute atomic E-state index is 0.00375. The van der Waals surface area contributed by atoms with Gasteiger partial charge in [-0.15, -0.1) is 0 Å². The lowest BCUT2D eigenvalue weighted by Gasteiger charge is -2.29. The van der Waals surface area contributed by atoms with E-state index in [1.165, 1.54) is 0 Å². The summed E-state index contributed by atoms with van der Waals surface area (Å²) in [6.07, 6.45) is 2.58. The quantitative estimate of drug-likeness (QED) is 0.746. The number of para-hydroxylation sites is 1. The van der Waals surface area contributed by atoms with Crippen LogP contribution in [0.25, 0.3) is 0 Å². The second-order valence-corrected chi connectivity index (χ2v) is 6.69. The Hall–Kier alpha value is -3.02. The van der Waals surface area contributed by atoms with Gasteiger partial charge in [0.2, 0.25) is 0 Å². The molecule has 2 aromatic carbocycles. The van der Waals surface area contributed by atoms with Gasteiger partial charge in [-0.25, -0.2) is 9.59 Å². The normalized spacial score (nSPS) is 19.0. The Balaban J connectivity index is 1.40. The van der Waals surface area contributed by atoms with E-state index in [-0.39, 0.29) is 18.2 Å². The standard InChI is InChI=1S/C21H25N3O3/c25-20(22-15-16-8-3-1-4-9-16)23-18-12-7-13-19(14-18)27-21(26)24-17-10-5-2-6-11-17/h1-6,8-11,18-19H,7,12-15H2,(H,24,26)(H2,22,23,25)/t18-,19+/m1/s1. The maximum atomic E-state index is 12.1. The molecule has 0 unspecified atom stereocenters. The fourth-order valence-electron chi connectivity index (χ4n) is 3.22. The zero-order valence-corrected chi connectivity index (χ0v) is 15.2. The zero-order chi connectivity index (χ0) is 18.9. The summed E-state index contributed by atoms with van der Waals surface area (Å²) in [7, 11) is 0. The number of anilines is 1. The van der Waals surface area contributed by atoms with Crippen LogP contribution in [0.3, 0.4) is 0 Å². The van der Waals surface area contributed by atoms with Crippen molar-refractivity contribution in [3.63, 3.8) is 0 Å². The first-order chi connectivity index (χ1) is 13.2. The van der Waals surface area contributed by atoms with E-state index in [1.807, 2.05) is 60.7 Å². The molecular formula is C21H25N3O3. The molecule has 0 bridgehead atoms. The molecule has 6 nitrogen and oxygen atoms in total. The molecule has 1 aliphatic rings. The number of carbonyl (C=O) groups is 2. The van der Waals surface area contributed by atoms with E-state index in [4.69, 9.17) is 4.74 Å². The second kappa shape index (κ2) is 9.62. The van der Waals surface area contributed by atoms with Gasteiger partial charge in [0.05, 0.1) is 0 Å². The van der Waals surface area contributed by atoms with Gasteiger partial charge in [-0.3, -0.25) is 5.32 Å². The van der Waals surface area contributed by atoms with E-state index in [0.717, 1.165) is 24.8 Å². The third-order valence-corrected chi connectivity index (χ3v) is 4.55. The largest absolute Gasteiger partial charge is 0.446 e. The molecule has 0 radical (unpaired) electrons. The van der Waals surface area contributed by atoms with Crippen molar-refractivity contribution in [1.82, 2.24) is 10.6 Å². The fourth-order valence-corrected chi connectivity index (χ4v) is 3.22. The van der Waals surface area contributed by atoms with Crippen LogP contribution < -0.4 is 16.0 Å². The van der Waals surface area contributed by atoms with Crippen LogP contribution in [-0.4, -0.2) is 24.3 Å². The van der Waals surface area contributed by atoms with Crippen LogP contribution in [0.5, 0.6) is 0 Å². The molecule has 2 atom stereocenters. The minimum atomic E-state index is -0.458. The first-order valence-electron chi connectivity index (χ1n) is 9.30. The highest BCUT2D eigenvalue weighted by Gasteiger charge is 2.26. The molecule has 3 amide bonds. The maximum absolute atomic E-state index is 12.1. The van der Waals surface area contributed by atoms with Gasteiger partial charge in [-0.1, -0.05) is 48.5 Å². The number of urea groups is 1. The molecule has 0 spiro atoms. The average molecular weight is 367 g/mol. The monoisotopic (exact) mass is 367 g/mol. The van der Waals surface area contributed by atoms with E-state index in [9.17, 15) is 9.59 Å². The lowest BCUT2D eigenvalue weighted by Crippen LogP contribution is -2.45. The van der Waals surface area contributed by atoms with Crippen molar-refractivity contribution in [3.05, 3.63) is 66.2 Å². The van der Waals surface area contributed by atoms with Crippen molar-refractivity contribution in [2.75, 3.05) is 5.32 Å². The van der Waals surface area contributed by atoms with Crippen LogP contribution in [-0.2, 0) is 11.3 Å². The molecular weight excluding hydrogens is 342 g/mol. The number of hydrogen-bond donors (Lipinski definition) is 3. The van der Waals surface area contributed by atoms with E-state index >= 15 is 0 Å². The molecule has 3 N–H and O–H groups in total. The number of ether oxygens (including phenoxy) is 1. The topological polar surface area (TPSA) is 79.5 Å². The van der Waals surface area contributed by atoms with Crippen LogP contribution in [0.1, 0.15) is 31.2 Å². The Morgan fingerprint density at radius 2 is 1.67 bits per heavy atom. The van der Waals surface area contributed by atoms with E-state index in [1.54, 1.807) is 0 Å². The van der Waals surface area contributed by atoms with Gasteiger partial charge in [0.25, 0.3) is 0 Å². The van der Waals surface area contributed by atoms with Gasteiger partial charge < -0.3 is 15.4 Å². The molecule has 0 aliphatic heterocycles. The summed E-state index contributed by atoms with van der Waals surface area (Å²) < 4.78 is 5.51. The summed E-state index contributed by atoms with van der Waals surface area (Å²) in [6, 6.07) is 18.8. The molecule has 1 aliphatic carbocycles. The smallest absolute Gasteiger partial charge is 0.411 e. The van der Waals surface area contributed by atoms with Crippen LogP contribution >= 0.6 is 0 Å². The summed E-state index contributed by atoms with van der Waals surface area (Å²) in [5.74, 6) is 0. The summed E-state index contributed by atoms with van der Waals surface area (Å²) in [5, 5.41) is 8.57. The molecule has 6 heteroatoms. The lowest BCUT2D eigenvalue weighted by atomic mass is 9.93. The predicted molar refractivity (Wildman–Crippen MR) is 104 cm³/mol. The Morgan fingerprint density at radius 1 is 0.963 bits per heavy atom. The van der Waals surface area contributed by atoms with Crippen LogP contribution in [0.4, 0.5) is 15.3 Å². The Bertz CT molecular complexity index is 737. The fraction of sp³-hybridized carbons (Fsp3) is 0.333. The first-order valence-corrected chi connectivity index (χ1v) is 9.30. The molecule has 0 saturated heterocycles. The van der Waals surface area contributed by atoms with Crippen molar-refractivity contribution < 1.29 is 14.3 Å². The van der Waals surface area contributed by atoms with Crippen molar-refractivity contribution in [2.45, 2.75) is 44.4 Å². The van der Waals surface area contributed by atoms with Crippen molar-refractivity contribution in [3.8, 4) is 0 Å². The average Bonchev–Trinajstić information content (AvgIpc) is 2.68. The van der Waals surface area contributed by atoms with Crippen LogP contribution in [0.2, 0.25) is 0 Å². The second-order valence-electron chi connectivity index (χ2n) is 6.69. The van der Waals surface area contributed by atoms with Crippen LogP contribution in [0, 0.1) is 0 Å². The number of hydrogen-bond acceptors (Lipinski definition) is 3. The molecule has 1 saturated carbocycles. The highest BCUT2D eigenvalue weighted by Crippen LogP contribution is 2.22. The number of rotatable bonds is 5. The Kier molecular flexibility index (Phi) is 6.68. The van der Waals surface area contributed by atoms with Crippen molar-refractivity contribution >= 4 is 17.8 Å². The summed E-state index contributed by atoms with van der Waals surface area (Å²) in [6.45, 7) is 0.485. The van der Waals surface area contributed by atoms with E-state index < -0.39 is 6.09 Å². The molecule has 2 aromatic rings. The third kappa shape index (κ3) is 6.33. The number of benzene rings is 2. The molecule has 3 rings (SSSR count). The highest BCUT2D eigenvalue weighted by atomic mass is 16.6. The zero-order valence-electron chi connectivity index (χ0n) is 15.2. The van der Waals surface area contributed by atoms with Crippen molar-refractivity contribution in [1.29, 1.82) is 0 Å². The van der Waals surface area contributed by atoms with E-state index in [0.29, 0.717) is 18.7 Å². The lowest BCUT2D eigenvalue weighted by molar-refractivity contribution is 0.0776. The van der Waals surface area contributed by atoms with E-state index in [2.05, 4.69) is 16.0 Å². The van der Waals surface area contributed by atoms with Crippen molar-refractivity contribution in [2.24, 2.45) is 0 Å². The van der Waals surface area contributed by atoms with Crippen LogP contribution in [0.15, 0.2) is 60.7 Å². The summed E-state index contributed by atoms with van der Waals surface area (Å²) >= 11 is 0. The van der Waals surface area contributed by atoms with Gasteiger partial charge >= 0.3 is 12.1 Å². The van der Waals surface area contributed by atoms with Gasteiger partial charge in [0.1, 0.15) is 6.10 Å². The predicted octanol–water partition coefficient (Wildman–Crippen LogP) is 4.05. The molecule has 1 fully saturated rings. The number of amides is 3. The Morgan fingerprint density at radius 3 is 2.41 bits per heavy atom. The van der Waals surface area contributed by atoms with Gasteiger partial charge in [0, 0.05) is 24.7 Å². The summed E-state index contributed by atoms with van der Waals surface area (Å²) in [5.41, 5.74) is 1.75. The third-order valence-electron chi connectivity index (χ3n) is 4.55. The minimum Gasteiger partial charge on any atom is -0.446 e. The SMILES string of the molecule is O=C(NCc1ccccc1)N[C@@H]1CCC[C@H](OC(=O)Nc2ccccc2)C1. The maximum Gasteiger partial charge on any atom is 0.411 e. The molecule has 0 heterocycles. The molecule has 0 aromatic heterocycles. The molecule has 27 heavy (non-hydrogen) atoms. The Labute approximate surface area is 159 Å². The first kappa shape index (κ1) is 18.8. The summed E-state index contributed by atoms with van der Waals surface area (Å²) in [4.78, 5) is 24.1. The number of carbonyl (C=O) groups excluding carboxylic acids is 2. The molecule has 142 valence electrons. The number of nitrogens with one attached hydrogen (secondary N) is 3. The highest BCUT2D eigenvalue weighted by molar-refractivity contribution is 5.84. The van der Waals surface area contributed by atoms with Gasteiger partial charge in [-0.05, 0) is 37.0 Å². The van der Waals surface area contributed by atoms with Gasteiger partial charge in [0.15, 0.2) is 0 Å².